The van der Waals surface area contributed by atoms with Crippen molar-refractivity contribution in [1.82, 2.24) is 5.32 Å². The lowest BCUT2D eigenvalue weighted by Gasteiger charge is -2.32. The summed E-state index contributed by atoms with van der Waals surface area (Å²) in [6.45, 7) is 4.09. The number of rotatable bonds is 2. The summed E-state index contributed by atoms with van der Waals surface area (Å²) in [5, 5.41) is 3.15. The Morgan fingerprint density at radius 1 is 1.44 bits per heavy atom. The number of halogens is 1. The van der Waals surface area contributed by atoms with Crippen LogP contribution in [0.2, 0.25) is 0 Å². The van der Waals surface area contributed by atoms with E-state index in [0.29, 0.717) is 6.04 Å². The minimum atomic E-state index is -0.576. The molecule has 1 nitrogen and oxygen atoms in total. The van der Waals surface area contributed by atoms with Crippen LogP contribution in [0.1, 0.15) is 26.7 Å². The molecule has 2 heteroatoms. The first-order valence-electron chi connectivity index (χ1n) is 3.60. The summed E-state index contributed by atoms with van der Waals surface area (Å²) in [6.07, 6.45) is 1.19. The maximum Gasteiger partial charge on any atom is 0.115 e. The molecule has 1 aliphatic rings. The molecule has 1 rings (SSSR count). The molecule has 54 valence electrons. The SMILES string of the molecule is CC(C)N[C@@H]1CC[C@H]1F. The molecule has 1 fully saturated rings. The van der Waals surface area contributed by atoms with E-state index in [2.05, 4.69) is 5.32 Å². The molecule has 1 aliphatic carbocycles. The maximum absolute atomic E-state index is 12.5. The minimum Gasteiger partial charge on any atom is -0.309 e. The molecule has 0 radical (unpaired) electrons. The zero-order valence-electron chi connectivity index (χ0n) is 6.02. The molecule has 0 aromatic rings. The van der Waals surface area contributed by atoms with Crippen LogP contribution in [0.5, 0.6) is 0 Å². The van der Waals surface area contributed by atoms with Crippen LogP contribution in [0.4, 0.5) is 4.39 Å². The van der Waals surface area contributed by atoms with Crippen LogP contribution in [-0.2, 0) is 0 Å². The molecule has 9 heavy (non-hydrogen) atoms. The molecule has 0 saturated heterocycles. The topological polar surface area (TPSA) is 12.0 Å². The van der Waals surface area contributed by atoms with Gasteiger partial charge in [-0.2, -0.15) is 0 Å². The molecule has 2 atom stereocenters. The Bertz CT molecular complexity index is 92.9. The second-order valence-electron chi connectivity index (χ2n) is 3.02. The molecule has 0 unspecified atom stereocenters. The van der Waals surface area contributed by atoms with Gasteiger partial charge in [0, 0.05) is 12.1 Å². The highest BCUT2D eigenvalue weighted by Crippen LogP contribution is 2.23. The lowest BCUT2D eigenvalue weighted by Crippen LogP contribution is -2.48. The Morgan fingerprint density at radius 2 is 2.11 bits per heavy atom. The molecule has 0 amide bonds. The third-order valence-electron chi connectivity index (χ3n) is 1.74. The summed E-state index contributed by atoms with van der Waals surface area (Å²) in [5.41, 5.74) is 0. The predicted molar refractivity (Wildman–Crippen MR) is 36.2 cm³/mol. The van der Waals surface area contributed by atoms with Gasteiger partial charge in [0.25, 0.3) is 0 Å². The monoisotopic (exact) mass is 131 g/mol. The van der Waals surface area contributed by atoms with E-state index in [0.717, 1.165) is 12.8 Å². The van der Waals surface area contributed by atoms with E-state index in [-0.39, 0.29) is 6.04 Å². The average Bonchev–Trinajstić information content (AvgIpc) is 1.79. The lowest BCUT2D eigenvalue weighted by atomic mass is 9.90. The van der Waals surface area contributed by atoms with E-state index in [1.165, 1.54) is 0 Å². The molecule has 0 heterocycles. The van der Waals surface area contributed by atoms with Crippen molar-refractivity contribution in [2.45, 2.75) is 44.9 Å². The molecule has 0 aromatic heterocycles. The molecule has 1 saturated carbocycles. The van der Waals surface area contributed by atoms with E-state index >= 15 is 0 Å². The van der Waals surface area contributed by atoms with Crippen LogP contribution < -0.4 is 5.32 Å². The quantitative estimate of drug-likeness (QED) is 0.598. The first-order chi connectivity index (χ1) is 4.20. The summed E-state index contributed by atoms with van der Waals surface area (Å²) >= 11 is 0. The van der Waals surface area contributed by atoms with Crippen LogP contribution in [0.3, 0.4) is 0 Å². The molecule has 0 aromatic carbocycles. The van der Waals surface area contributed by atoms with Gasteiger partial charge in [-0.1, -0.05) is 13.8 Å². The van der Waals surface area contributed by atoms with Crippen molar-refractivity contribution in [2.24, 2.45) is 0 Å². The highest BCUT2D eigenvalue weighted by Gasteiger charge is 2.30. The Hall–Kier alpha value is -0.110. The summed E-state index contributed by atoms with van der Waals surface area (Å²) in [7, 11) is 0. The Balaban J connectivity index is 2.13. The highest BCUT2D eigenvalue weighted by molar-refractivity contribution is 4.87. The van der Waals surface area contributed by atoms with Crippen molar-refractivity contribution >= 4 is 0 Å². The number of hydrogen-bond donors (Lipinski definition) is 1. The van der Waals surface area contributed by atoms with Gasteiger partial charge in [0.15, 0.2) is 0 Å². The predicted octanol–water partition coefficient (Wildman–Crippen LogP) is 1.48. The summed E-state index contributed by atoms with van der Waals surface area (Å²) in [4.78, 5) is 0. The minimum absolute atomic E-state index is 0.157. The number of nitrogens with one attached hydrogen (secondary N) is 1. The second-order valence-corrected chi connectivity index (χ2v) is 3.02. The standard InChI is InChI=1S/C7H14FN/c1-5(2)9-7-4-3-6(7)8/h5-7,9H,3-4H2,1-2H3/t6-,7-/m1/s1. The zero-order valence-corrected chi connectivity index (χ0v) is 6.02. The van der Waals surface area contributed by atoms with Gasteiger partial charge < -0.3 is 5.32 Å². The van der Waals surface area contributed by atoms with Gasteiger partial charge in [-0.25, -0.2) is 4.39 Å². The fraction of sp³-hybridized carbons (Fsp3) is 1.00. The Kier molecular flexibility index (Phi) is 2.06. The fourth-order valence-corrected chi connectivity index (χ4v) is 1.08. The van der Waals surface area contributed by atoms with Crippen molar-refractivity contribution < 1.29 is 4.39 Å². The van der Waals surface area contributed by atoms with Crippen molar-refractivity contribution in [1.29, 1.82) is 0 Å². The van der Waals surface area contributed by atoms with Crippen molar-refractivity contribution in [3.63, 3.8) is 0 Å². The van der Waals surface area contributed by atoms with Gasteiger partial charge in [0.1, 0.15) is 6.17 Å². The van der Waals surface area contributed by atoms with Crippen LogP contribution in [0.25, 0.3) is 0 Å². The van der Waals surface area contributed by atoms with E-state index < -0.39 is 6.17 Å². The molecular weight excluding hydrogens is 117 g/mol. The molecule has 0 aliphatic heterocycles. The van der Waals surface area contributed by atoms with Gasteiger partial charge in [0.2, 0.25) is 0 Å². The second kappa shape index (κ2) is 2.65. The Morgan fingerprint density at radius 3 is 2.22 bits per heavy atom. The maximum atomic E-state index is 12.5. The van der Waals surface area contributed by atoms with Crippen molar-refractivity contribution in [2.75, 3.05) is 0 Å². The van der Waals surface area contributed by atoms with Crippen LogP contribution in [-0.4, -0.2) is 18.3 Å². The normalized spacial score (nSPS) is 34.7. The van der Waals surface area contributed by atoms with Gasteiger partial charge >= 0.3 is 0 Å². The zero-order chi connectivity index (χ0) is 6.85. The first kappa shape index (κ1) is 7.00. The average molecular weight is 131 g/mol. The lowest BCUT2D eigenvalue weighted by molar-refractivity contribution is 0.135. The van der Waals surface area contributed by atoms with Gasteiger partial charge in [-0.3, -0.25) is 0 Å². The molecular formula is C7H14FN. The molecule has 0 bridgehead atoms. The number of hydrogen-bond acceptors (Lipinski definition) is 1. The van der Waals surface area contributed by atoms with Gasteiger partial charge in [-0.05, 0) is 12.8 Å². The molecule has 1 N–H and O–H groups in total. The van der Waals surface area contributed by atoms with Crippen LogP contribution in [0.15, 0.2) is 0 Å². The largest absolute Gasteiger partial charge is 0.309 e. The van der Waals surface area contributed by atoms with Gasteiger partial charge in [0.05, 0.1) is 0 Å². The summed E-state index contributed by atoms with van der Waals surface area (Å²) < 4.78 is 12.5. The van der Waals surface area contributed by atoms with Gasteiger partial charge in [-0.15, -0.1) is 0 Å². The highest BCUT2D eigenvalue weighted by atomic mass is 19.1. The smallest absolute Gasteiger partial charge is 0.115 e. The third kappa shape index (κ3) is 1.65. The number of alkyl halides is 1. The van der Waals surface area contributed by atoms with Crippen molar-refractivity contribution in [3.8, 4) is 0 Å². The fourth-order valence-electron chi connectivity index (χ4n) is 1.08. The van der Waals surface area contributed by atoms with Crippen molar-refractivity contribution in [3.05, 3.63) is 0 Å². The van der Waals surface area contributed by atoms with Crippen LogP contribution >= 0.6 is 0 Å². The van der Waals surface area contributed by atoms with E-state index in [4.69, 9.17) is 0 Å². The first-order valence-corrected chi connectivity index (χ1v) is 3.60. The molecule has 0 spiro atoms. The van der Waals surface area contributed by atoms with E-state index in [9.17, 15) is 4.39 Å². The summed E-state index contributed by atoms with van der Waals surface area (Å²) in [6, 6.07) is 0.582. The summed E-state index contributed by atoms with van der Waals surface area (Å²) in [5.74, 6) is 0. The van der Waals surface area contributed by atoms with E-state index in [1.807, 2.05) is 13.8 Å². The van der Waals surface area contributed by atoms with Crippen LogP contribution in [0, 0.1) is 0 Å². The third-order valence-corrected chi connectivity index (χ3v) is 1.74. The van der Waals surface area contributed by atoms with E-state index in [1.54, 1.807) is 0 Å². The Labute approximate surface area is 55.6 Å².